The van der Waals surface area contributed by atoms with Crippen LogP contribution < -0.4 is 10.2 Å². The minimum atomic E-state index is -0.522. The van der Waals surface area contributed by atoms with E-state index in [9.17, 15) is 14.0 Å². The van der Waals surface area contributed by atoms with Gasteiger partial charge in [0.2, 0.25) is 17.8 Å². The number of pyridine rings is 1. The van der Waals surface area contributed by atoms with Gasteiger partial charge in [0.15, 0.2) is 0 Å². The number of nitrogens with zero attached hydrogens (tertiary/aromatic N) is 6. The molecular weight excluding hydrogens is 501 g/mol. The normalized spacial score (nSPS) is 15.9. The Kier molecular flexibility index (Phi) is 8.01. The second kappa shape index (κ2) is 11.6. The number of halogens is 1. The van der Waals surface area contributed by atoms with Crippen LogP contribution in [-0.4, -0.2) is 93.7 Å². The Morgan fingerprint density at radius 3 is 2.44 bits per heavy atom. The molecule has 11 heteroatoms. The van der Waals surface area contributed by atoms with E-state index < -0.39 is 5.82 Å². The molecular formula is C28H34FN7O3. The Bertz CT molecular complexity index is 1370. The highest BCUT2D eigenvalue weighted by molar-refractivity contribution is 5.94. The van der Waals surface area contributed by atoms with Gasteiger partial charge in [-0.05, 0) is 37.3 Å². The Morgan fingerprint density at radius 1 is 1.00 bits per heavy atom. The second-order valence-corrected chi connectivity index (χ2v) is 10.00. The zero-order valence-electron chi connectivity index (χ0n) is 22.4. The zero-order chi connectivity index (χ0) is 27.5. The van der Waals surface area contributed by atoms with Crippen LogP contribution in [0.4, 0.5) is 16.0 Å². The first-order valence-electron chi connectivity index (χ1n) is 13.3. The van der Waals surface area contributed by atoms with Crippen molar-refractivity contribution in [1.82, 2.24) is 24.3 Å². The van der Waals surface area contributed by atoms with Crippen LogP contribution >= 0.6 is 0 Å². The number of anilines is 2. The van der Waals surface area contributed by atoms with Crippen LogP contribution in [0, 0.1) is 12.7 Å². The smallest absolute Gasteiger partial charge is 0.226 e. The lowest BCUT2D eigenvalue weighted by Gasteiger charge is -2.34. The minimum Gasteiger partial charge on any atom is -0.395 e. The number of aliphatic hydroxyl groups is 1. The van der Waals surface area contributed by atoms with Crippen molar-refractivity contribution in [1.29, 1.82) is 0 Å². The minimum absolute atomic E-state index is 0.101. The molecule has 206 valence electrons. The maximum atomic E-state index is 14.9. The highest BCUT2D eigenvalue weighted by atomic mass is 19.1. The van der Waals surface area contributed by atoms with Crippen molar-refractivity contribution in [3.05, 3.63) is 47.9 Å². The summed E-state index contributed by atoms with van der Waals surface area (Å²) in [5.74, 6) is -0.349. The molecule has 2 amide bonds. The van der Waals surface area contributed by atoms with Gasteiger partial charge in [-0.2, -0.15) is 0 Å². The summed E-state index contributed by atoms with van der Waals surface area (Å²) >= 11 is 0. The van der Waals surface area contributed by atoms with Crippen molar-refractivity contribution in [3.63, 3.8) is 0 Å². The van der Waals surface area contributed by atoms with E-state index in [1.165, 1.54) is 13.0 Å². The SMILES string of the molecule is CC(=O)N1CCn2c1nc(-c1cccc(C)n1)c2-c1ccc(F)c(NC(=O)CCN2CCN(CCO)CC2)c1. The van der Waals surface area contributed by atoms with Crippen LogP contribution in [0.1, 0.15) is 19.0 Å². The van der Waals surface area contributed by atoms with E-state index in [1.54, 1.807) is 17.0 Å². The number of imidazole rings is 1. The Labute approximate surface area is 227 Å². The van der Waals surface area contributed by atoms with Crippen molar-refractivity contribution in [2.75, 3.05) is 62.6 Å². The Morgan fingerprint density at radius 2 is 1.74 bits per heavy atom. The Balaban J connectivity index is 1.37. The molecule has 0 unspecified atom stereocenters. The molecule has 4 heterocycles. The summed E-state index contributed by atoms with van der Waals surface area (Å²) in [7, 11) is 0. The third-order valence-electron chi connectivity index (χ3n) is 7.30. The summed E-state index contributed by atoms with van der Waals surface area (Å²) in [5.41, 5.74) is 3.59. The number of piperazine rings is 1. The lowest BCUT2D eigenvalue weighted by molar-refractivity contribution is -0.117. The predicted molar refractivity (Wildman–Crippen MR) is 147 cm³/mol. The van der Waals surface area contributed by atoms with Crippen LogP contribution in [-0.2, 0) is 16.1 Å². The fourth-order valence-electron chi connectivity index (χ4n) is 5.22. The number of aryl methyl sites for hydroxylation is 1. The molecule has 0 atom stereocenters. The highest BCUT2D eigenvalue weighted by Crippen LogP contribution is 2.38. The number of carbonyl (C=O) groups excluding carboxylic acids is 2. The molecule has 1 fully saturated rings. The van der Waals surface area contributed by atoms with Crippen LogP contribution in [0.2, 0.25) is 0 Å². The maximum Gasteiger partial charge on any atom is 0.226 e. The Hall–Kier alpha value is -3.67. The number of nitrogens with one attached hydrogen (secondary N) is 1. The molecule has 3 aromatic rings. The average molecular weight is 536 g/mol. The summed E-state index contributed by atoms with van der Waals surface area (Å²) in [5, 5.41) is 11.9. The number of β-amino-alcohol motifs (C(OH)–C–C–N with tert-alkyl or cyclic N) is 1. The maximum absolute atomic E-state index is 14.9. The van der Waals surface area contributed by atoms with Crippen molar-refractivity contribution in [3.8, 4) is 22.6 Å². The van der Waals surface area contributed by atoms with Crippen LogP contribution in [0.3, 0.4) is 0 Å². The molecule has 39 heavy (non-hydrogen) atoms. The van der Waals surface area contributed by atoms with E-state index >= 15 is 0 Å². The summed E-state index contributed by atoms with van der Waals surface area (Å²) in [4.78, 5) is 40.5. The summed E-state index contributed by atoms with van der Waals surface area (Å²) < 4.78 is 16.8. The molecule has 2 aromatic heterocycles. The number of fused-ring (bicyclic) bond motifs is 1. The van der Waals surface area contributed by atoms with E-state index in [-0.39, 0.29) is 30.5 Å². The van der Waals surface area contributed by atoms with Crippen molar-refractivity contribution in [2.45, 2.75) is 26.8 Å². The molecule has 0 radical (unpaired) electrons. The molecule has 0 spiro atoms. The molecule has 0 bridgehead atoms. The average Bonchev–Trinajstić information content (AvgIpc) is 3.49. The van der Waals surface area contributed by atoms with Crippen molar-refractivity contribution in [2.24, 2.45) is 0 Å². The van der Waals surface area contributed by atoms with Gasteiger partial charge in [0.1, 0.15) is 11.5 Å². The van der Waals surface area contributed by atoms with Crippen LogP contribution in [0.25, 0.3) is 22.6 Å². The second-order valence-electron chi connectivity index (χ2n) is 10.00. The first-order chi connectivity index (χ1) is 18.8. The lowest BCUT2D eigenvalue weighted by atomic mass is 10.1. The number of carbonyl (C=O) groups is 2. The monoisotopic (exact) mass is 535 g/mol. The van der Waals surface area contributed by atoms with E-state index in [0.29, 0.717) is 49.1 Å². The molecule has 0 aliphatic carbocycles. The van der Waals surface area contributed by atoms with Crippen LogP contribution in [0.5, 0.6) is 0 Å². The van der Waals surface area contributed by atoms with E-state index in [1.807, 2.05) is 29.7 Å². The third kappa shape index (κ3) is 5.85. The number of amides is 2. The molecule has 10 nitrogen and oxygen atoms in total. The molecule has 2 aliphatic heterocycles. The van der Waals surface area contributed by atoms with Crippen molar-refractivity contribution < 1.29 is 19.1 Å². The topological polar surface area (TPSA) is 107 Å². The van der Waals surface area contributed by atoms with Gasteiger partial charge in [-0.1, -0.05) is 6.07 Å². The number of rotatable bonds is 8. The molecule has 1 saturated heterocycles. The molecule has 2 N–H and O–H groups in total. The summed E-state index contributed by atoms with van der Waals surface area (Å²) in [6.07, 6.45) is 0.248. The van der Waals surface area contributed by atoms with E-state index in [4.69, 9.17) is 10.1 Å². The third-order valence-corrected chi connectivity index (χ3v) is 7.30. The first-order valence-corrected chi connectivity index (χ1v) is 13.3. The van der Waals surface area contributed by atoms with Gasteiger partial charge in [-0.25, -0.2) is 9.37 Å². The molecule has 0 saturated carbocycles. The summed E-state index contributed by atoms with van der Waals surface area (Å²) in [6, 6.07) is 10.3. The van der Waals surface area contributed by atoms with E-state index in [2.05, 4.69) is 20.1 Å². The predicted octanol–water partition coefficient (Wildman–Crippen LogP) is 2.36. The van der Waals surface area contributed by atoms with Gasteiger partial charge < -0.3 is 19.9 Å². The standard InChI is InChI=1S/C28H34FN7O3/c1-19-4-3-5-23(30-19)26-27(36-15-14-35(20(2)38)28(36)32-26)21-6-7-22(29)24(18-21)31-25(39)8-9-33-10-12-34(13-11-33)16-17-37/h3-7,18,37H,8-17H2,1-2H3,(H,31,39). The number of aliphatic hydroxyl groups excluding tert-OH is 1. The van der Waals surface area contributed by atoms with Gasteiger partial charge in [0.25, 0.3) is 0 Å². The molecule has 2 aliphatic rings. The number of hydrogen-bond acceptors (Lipinski definition) is 7. The quantitative estimate of drug-likeness (QED) is 0.456. The number of benzene rings is 1. The number of aromatic nitrogens is 3. The first kappa shape index (κ1) is 26.9. The largest absolute Gasteiger partial charge is 0.395 e. The van der Waals surface area contributed by atoms with Gasteiger partial charge in [0, 0.05) is 77.0 Å². The van der Waals surface area contributed by atoms with Gasteiger partial charge in [-0.15, -0.1) is 0 Å². The van der Waals surface area contributed by atoms with E-state index in [0.717, 1.165) is 37.6 Å². The van der Waals surface area contributed by atoms with Gasteiger partial charge in [0.05, 0.1) is 23.7 Å². The highest BCUT2D eigenvalue weighted by Gasteiger charge is 2.31. The molecule has 5 rings (SSSR count). The van der Waals surface area contributed by atoms with Crippen molar-refractivity contribution >= 4 is 23.5 Å². The zero-order valence-corrected chi connectivity index (χ0v) is 22.4. The van der Waals surface area contributed by atoms with Crippen LogP contribution in [0.15, 0.2) is 36.4 Å². The lowest BCUT2D eigenvalue weighted by Crippen LogP contribution is -2.47. The number of hydrogen-bond donors (Lipinski definition) is 2. The molecule has 1 aromatic carbocycles. The summed E-state index contributed by atoms with van der Waals surface area (Å²) in [6.45, 7) is 9.23. The fourth-order valence-corrected chi connectivity index (χ4v) is 5.22. The van der Waals surface area contributed by atoms with Gasteiger partial charge >= 0.3 is 0 Å². The fraction of sp³-hybridized carbons (Fsp3) is 0.429. The van der Waals surface area contributed by atoms with Gasteiger partial charge in [-0.3, -0.25) is 24.4 Å².